The minimum Gasteiger partial charge on any atom is -0.391 e. The van der Waals surface area contributed by atoms with Crippen LogP contribution in [0.25, 0.3) is 0 Å². The van der Waals surface area contributed by atoms with E-state index in [1.165, 1.54) is 20.0 Å². The van der Waals surface area contributed by atoms with Crippen LogP contribution in [0.1, 0.15) is 39.9 Å². The van der Waals surface area contributed by atoms with Crippen molar-refractivity contribution in [3.63, 3.8) is 0 Å². The average molecular weight is 558 g/mol. The molecule has 1 unspecified atom stereocenters. The van der Waals surface area contributed by atoms with Crippen molar-refractivity contribution in [2.45, 2.75) is 34.9 Å². The number of aliphatic hydroxyl groups is 2. The van der Waals surface area contributed by atoms with E-state index in [1.807, 2.05) is 6.07 Å². The van der Waals surface area contributed by atoms with Gasteiger partial charge in [-0.15, -0.1) is 0 Å². The Hall–Kier alpha value is -3.06. The van der Waals surface area contributed by atoms with Crippen molar-refractivity contribution in [3.8, 4) is 0 Å². The van der Waals surface area contributed by atoms with Crippen molar-refractivity contribution in [1.29, 1.82) is 0 Å². The maximum atomic E-state index is 15.7. The number of hydrogen-bond acceptors (Lipinski definition) is 8. The first-order chi connectivity index (χ1) is 19.1. The zero-order valence-electron chi connectivity index (χ0n) is 24.0. The molecule has 0 saturated carbocycles. The summed E-state index contributed by atoms with van der Waals surface area (Å²) in [7, 11) is 9.01. The van der Waals surface area contributed by atoms with E-state index in [0.717, 1.165) is 18.7 Å². The molecule has 10 nitrogen and oxygen atoms in total. The second-order valence-electron chi connectivity index (χ2n) is 12.3. The maximum absolute atomic E-state index is 15.7. The topological polar surface area (TPSA) is 131 Å². The minimum absolute atomic E-state index is 0.00944. The van der Waals surface area contributed by atoms with E-state index in [9.17, 15) is 24.6 Å². The fraction of sp³-hybridized carbons (Fsp3) is 0.400. The van der Waals surface area contributed by atoms with Gasteiger partial charge in [0.15, 0.2) is 0 Å². The fourth-order valence-corrected chi connectivity index (χ4v) is 6.26. The van der Waals surface area contributed by atoms with Crippen molar-refractivity contribution in [2.75, 3.05) is 31.6 Å². The van der Waals surface area contributed by atoms with Crippen LogP contribution >= 0.6 is 0 Å². The summed E-state index contributed by atoms with van der Waals surface area (Å²) in [4.78, 5) is 41.0. The Balaban J connectivity index is 1.47. The largest absolute Gasteiger partial charge is 0.391 e. The van der Waals surface area contributed by atoms with Gasteiger partial charge in [0.05, 0.1) is 29.8 Å². The van der Waals surface area contributed by atoms with Crippen LogP contribution in [-0.2, 0) is 30.9 Å². The van der Waals surface area contributed by atoms with Gasteiger partial charge in [-0.05, 0) is 41.1 Å². The molecule has 3 aliphatic rings. The van der Waals surface area contributed by atoms with E-state index in [4.69, 9.17) is 4.74 Å². The van der Waals surface area contributed by atoms with Gasteiger partial charge in [0.2, 0.25) is 11.8 Å². The van der Waals surface area contributed by atoms with Crippen molar-refractivity contribution < 1.29 is 33.7 Å². The third-order valence-electron chi connectivity index (χ3n) is 8.82. The molecule has 3 heterocycles. The Bertz CT molecular complexity index is 1440. The van der Waals surface area contributed by atoms with Gasteiger partial charge in [-0.3, -0.25) is 24.6 Å². The summed E-state index contributed by atoms with van der Waals surface area (Å²) in [6, 6.07) is 9.72. The summed E-state index contributed by atoms with van der Waals surface area (Å²) in [6.45, 7) is 2.75. The highest BCUT2D eigenvalue weighted by Crippen LogP contribution is 2.45. The van der Waals surface area contributed by atoms with Gasteiger partial charge in [-0.2, -0.15) is 0 Å². The Morgan fingerprint density at radius 3 is 2.37 bits per heavy atom. The third-order valence-corrected chi connectivity index (χ3v) is 8.82. The Labute approximate surface area is 242 Å². The normalized spacial score (nSPS) is 23.3. The first-order valence-corrected chi connectivity index (χ1v) is 13.8. The van der Waals surface area contributed by atoms with Crippen LogP contribution in [0.4, 0.5) is 10.1 Å². The number of nitrogens with one attached hydrogen (secondary N) is 2. The zero-order valence-corrected chi connectivity index (χ0v) is 24.0. The number of anilines is 1. The van der Waals surface area contributed by atoms with E-state index in [0.29, 0.717) is 23.7 Å². The number of ether oxygens (including phenoxy) is 1. The number of carbonyl (C=O) groups is 3. The first kappa shape index (κ1) is 29.4. The molecule has 2 aromatic carbocycles. The number of fused-ring (bicyclic) bond motifs is 1. The van der Waals surface area contributed by atoms with Gasteiger partial charge in [-0.1, -0.05) is 18.2 Å². The minimum atomic E-state index is -2.87. The molecule has 4 N–H and O–H groups in total. The van der Waals surface area contributed by atoms with E-state index in [2.05, 4.69) is 31.2 Å². The quantitative estimate of drug-likeness (QED) is 0.159. The lowest BCUT2D eigenvalue weighted by atomic mass is 9.55. The molecule has 2 aromatic rings. The number of piperidine rings is 1. The second-order valence-corrected chi connectivity index (χ2v) is 12.3. The van der Waals surface area contributed by atoms with E-state index >= 15 is 4.39 Å². The average Bonchev–Trinajstić information content (AvgIpc) is 3.12. The highest BCUT2D eigenvalue weighted by molar-refractivity contribution is 6.41. The van der Waals surface area contributed by atoms with Crippen LogP contribution in [0.5, 0.6) is 0 Å². The molecule has 0 bridgehead atoms. The van der Waals surface area contributed by atoms with E-state index in [1.54, 1.807) is 33.9 Å². The van der Waals surface area contributed by atoms with Crippen LogP contribution in [0.15, 0.2) is 36.4 Å². The summed E-state index contributed by atoms with van der Waals surface area (Å²) in [5, 5.41) is 26.7. The molecule has 2 fully saturated rings. The predicted molar refractivity (Wildman–Crippen MR) is 162 cm³/mol. The molecule has 210 valence electrons. The van der Waals surface area contributed by atoms with Crippen molar-refractivity contribution in [3.05, 3.63) is 64.5 Å². The van der Waals surface area contributed by atoms with Gasteiger partial charge in [-0.25, -0.2) is 4.39 Å². The summed E-state index contributed by atoms with van der Waals surface area (Å²) < 4.78 is 21.2. The highest BCUT2D eigenvalue weighted by Gasteiger charge is 2.59. The van der Waals surface area contributed by atoms with Crippen molar-refractivity contribution in [1.82, 2.24) is 15.1 Å². The van der Waals surface area contributed by atoms with Gasteiger partial charge in [0, 0.05) is 30.5 Å². The Morgan fingerprint density at radius 2 is 1.73 bits per heavy atom. The van der Waals surface area contributed by atoms with Crippen LogP contribution in [0, 0.1) is 5.82 Å². The van der Waals surface area contributed by atoms with Crippen molar-refractivity contribution >= 4 is 62.6 Å². The molecule has 2 saturated heterocycles. The van der Waals surface area contributed by atoms with E-state index < -0.39 is 45.6 Å². The lowest BCUT2D eigenvalue weighted by Crippen LogP contribution is -2.68. The standard InChI is InChI=1S/C25H32B5FN4O6/c26-22(7-6-18(36)32-21(22)38)35-20(37)14-2-1-3-17(19(14)25(35,39)40)33-23(27,28)15-5-4-13(12-16(15)31)24(29,30)34-8-10-41-11-9-34/h1-5,12,33,39-40H,6-11,26-30H2,(H,32,36,38). The van der Waals surface area contributed by atoms with Crippen LogP contribution < -0.4 is 10.6 Å². The van der Waals surface area contributed by atoms with Gasteiger partial charge >= 0.3 is 0 Å². The summed E-state index contributed by atoms with van der Waals surface area (Å²) in [5.41, 5.74) is -0.479. The molecule has 1 atom stereocenters. The number of benzene rings is 2. The Morgan fingerprint density at radius 1 is 1.05 bits per heavy atom. The molecular weight excluding hydrogens is 525 g/mol. The first-order valence-electron chi connectivity index (χ1n) is 13.8. The van der Waals surface area contributed by atoms with Gasteiger partial charge in [0.1, 0.15) is 45.0 Å². The fourth-order valence-electron chi connectivity index (χ4n) is 6.26. The molecule has 3 aliphatic heterocycles. The number of halogens is 1. The SMILES string of the molecule is BC(B)(Nc1cccc2c1C(O)(O)N(C1(B)CCC(=O)NC1=O)C2=O)c1ccc(C(B)(B)N2CCOCC2)cc1F. The summed E-state index contributed by atoms with van der Waals surface area (Å²) in [5.74, 6) is -5.35. The van der Waals surface area contributed by atoms with Crippen LogP contribution in [0.2, 0.25) is 0 Å². The van der Waals surface area contributed by atoms with E-state index in [-0.39, 0.29) is 29.7 Å². The number of rotatable bonds is 6. The number of imide groups is 1. The molecule has 41 heavy (non-hydrogen) atoms. The second kappa shape index (κ2) is 10.0. The monoisotopic (exact) mass is 558 g/mol. The smallest absolute Gasteiger partial charge is 0.280 e. The maximum Gasteiger partial charge on any atom is 0.280 e. The third kappa shape index (κ3) is 4.80. The van der Waals surface area contributed by atoms with Gasteiger partial charge < -0.3 is 25.2 Å². The molecule has 0 aliphatic carbocycles. The summed E-state index contributed by atoms with van der Waals surface area (Å²) in [6.07, 6.45) is -0.138. The molecule has 16 heteroatoms. The van der Waals surface area contributed by atoms with Crippen LogP contribution in [0.3, 0.4) is 0 Å². The molecule has 0 spiro atoms. The molecule has 0 aromatic heterocycles. The molecule has 0 radical (unpaired) electrons. The number of amides is 3. The number of morpholine rings is 1. The van der Waals surface area contributed by atoms with Gasteiger partial charge in [0.25, 0.3) is 11.8 Å². The lowest BCUT2D eigenvalue weighted by Gasteiger charge is -2.45. The van der Waals surface area contributed by atoms with Crippen LogP contribution in [-0.4, -0.2) is 109 Å². The lowest BCUT2D eigenvalue weighted by molar-refractivity contribution is -0.264. The number of hydrogen-bond donors (Lipinski definition) is 4. The number of carbonyl (C=O) groups excluding carboxylic acids is 3. The number of nitrogens with zero attached hydrogens (tertiary/aromatic N) is 2. The molecule has 3 amide bonds. The van der Waals surface area contributed by atoms with Crippen molar-refractivity contribution in [2.24, 2.45) is 0 Å². The highest BCUT2D eigenvalue weighted by atomic mass is 19.1. The zero-order chi connectivity index (χ0) is 30.0. The Kier molecular flexibility index (Phi) is 7.21. The predicted octanol–water partition coefficient (Wildman–Crippen LogP) is -4.66. The molecular formula is C25H32B5FN4O6. The molecule has 5 rings (SSSR count). The summed E-state index contributed by atoms with van der Waals surface area (Å²) >= 11 is 0.